The normalized spacial score (nSPS) is 13.2. The van der Waals surface area contributed by atoms with E-state index >= 15 is 0 Å². The van der Waals surface area contributed by atoms with Gasteiger partial charge in [-0.3, -0.25) is 9.59 Å². The summed E-state index contributed by atoms with van der Waals surface area (Å²) in [5, 5.41) is 10.3. The second-order valence-electron chi connectivity index (χ2n) is 3.07. The molecule has 1 amide bonds. The number of carbonyl (C=O) groups excluding carboxylic acids is 1. The van der Waals surface area contributed by atoms with Crippen molar-refractivity contribution in [2.45, 2.75) is 19.1 Å². The highest BCUT2D eigenvalue weighted by Gasteiger charge is 2.35. The van der Waals surface area contributed by atoms with E-state index in [-0.39, 0.29) is 11.3 Å². The monoisotopic (exact) mass is 268 g/mol. The third-order valence-electron chi connectivity index (χ3n) is 1.70. The van der Waals surface area contributed by atoms with Crippen LogP contribution in [0, 0.1) is 0 Å². The van der Waals surface area contributed by atoms with Crippen molar-refractivity contribution in [3.8, 4) is 0 Å². The minimum atomic E-state index is -4.61. The molecule has 0 aliphatic heterocycles. The minimum absolute atomic E-state index is 0.276. The number of nitrogens with zero attached hydrogens (tertiary/aromatic N) is 1. The van der Waals surface area contributed by atoms with E-state index in [1.165, 1.54) is 6.92 Å². The molecule has 0 unspecified atom stereocenters. The van der Waals surface area contributed by atoms with Crippen LogP contribution in [0.2, 0.25) is 0 Å². The molecule has 9 heteroatoms. The van der Waals surface area contributed by atoms with Gasteiger partial charge in [-0.2, -0.15) is 13.2 Å². The highest BCUT2D eigenvalue weighted by molar-refractivity contribution is 7.09. The minimum Gasteiger partial charge on any atom is -0.480 e. The molecule has 17 heavy (non-hydrogen) atoms. The van der Waals surface area contributed by atoms with Crippen LogP contribution in [0.5, 0.6) is 0 Å². The Hall–Kier alpha value is -1.64. The van der Waals surface area contributed by atoms with Gasteiger partial charge in [0.25, 0.3) is 5.91 Å². The zero-order chi connectivity index (χ0) is 13.2. The molecule has 1 atom stereocenters. The van der Waals surface area contributed by atoms with Crippen LogP contribution in [-0.4, -0.2) is 28.0 Å². The molecule has 0 bridgehead atoms. The molecule has 5 nitrogen and oxygen atoms in total. The Bertz CT molecular complexity index is 443. The molecule has 0 aromatic carbocycles. The van der Waals surface area contributed by atoms with Crippen LogP contribution in [0.1, 0.15) is 22.4 Å². The van der Waals surface area contributed by atoms with Gasteiger partial charge in [0.05, 0.1) is 0 Å². The summed E-state index contributed by atoms with van der Waals surface area (Å²) in [4.78, 5) is 24.8. The highest BCUT2D eigenvalue weighted by atomic mass is 32.1. The van der Waals surface area contributed by atoms with Gasteiger partial charge in [-0.1, -0.05) is 0 Å². The number of carboxylic acids is 1. The summed E-state index contributed by atoms with van der Waals surface area (Å²) >= 11 is 0.276. The topological polar surface area (TPSA) is 79.3 Å². The Morgan fingerprint density at radius 1 is 1.53 bits per heavy atom. The quantitative estimate of drug-likeness (QED) is 0.867. The Balaban J connectivity index is 2.78. The number of hydrogen-bond acceptors (Lipinski definition) is 4. The van der Waals surface area contributed by atoms with Crippen molar-refractivity contribution < 1.29 is 27.9 Å². The van der Waals surface area contributed by atoms with Crippen LogP contribution in [-0.2, 0) is 11.0 Å². The number of rotatable bonds is 3. The summed E-state index contributed by atoms with van der Waals surface area (Å²) in [5.74, 6) is -2.24. The van der Waals surface area contributed by atoms with E-state index in [1.54, 1.807) is 0 Å². The van der Waals surface area contributed by atoms with E-state index in [2.05, 4.69) is 4.98 Å². The maximum atomic E-state index is 12.2. The van der Waals surface area contributed by atoms with Crippen LogP contribution in [0.4, 0.5) is 13.2 Å². The van der Waals surface area contributed by atoms with Crippen molar-refractivity contribution >= 4 is 23.2 Å². The fraction of sp³-hybridized carbons (Fsp3) is 0.375. The molecule has 0 spiro atoms. The van der Waals surface area contributed by atoms with Gasteiger partial charge in [-0.15, -0.1) is 11.3 Å². The summed E-state index contributed by atoms with van der Waals surface area (Å²) in [6, 6.07) is -1.20. The summed E-state index contributed by atoms with van der Waals surface area (Å²) < 4.78 is 36.5. The Morgan fingerprint density at radius 2 is 2.12 bits per heavy atom. The van der Waals surface area contributed by atoms with Crippen molar-refractivity contribution in [3.63, 3.8) is 0 Å². The van der Waals surface area contributed by atoms with Crippen molar-refractivity contribution in [2.75, 3.05) is 0 Å². The van der Waals surface area contributed by atoms with Gasteiger partial charge in [0.2, 0.25) is 0 Å². The van der Waals surface area contributed by atoms with Gasteiger partial charge in [0.1, 0.15) is 11.7 Å². The first-order valence-electron chi connectivity index (χ1n) is 4.28. The fourth-order valence-electron chi connectivity index (χ4n) is 0.841. The smallest absolute Gasteiger partial charge is 0.443 e. The Labute approximate surface area is 97.3 Å². The number of alkyl halides is 3. The van der Waals surface area contributed by atoms with Crippen molar-refractivity contribution in [1.82, 2.24) is 10.3 Å². The van der Waals surface area contributed by atoms with Gasteiger partial charge >= 0.3 is 12.1 Å². The lowest BCUT2D eigenvalue weighted by Gasteiger charge is -2.07. The van der Waals surface area contributed by atoms with Crippen LogP contribution in [0.25, 0.3) is 0 Å². The van der Waals surface area contributed by atoms with Crippen LogP contribution >= 0.6 is 11.3 Å². The molecule has 0 fully saturated rings. The van der Waals surface area contributed by atoms with E-state index in [4.69, 9.17) is 5.11 Å². The number of carboxylic acid groups (broad SMARTS) is 1. The summed E-state index contributed by atoms with van der Waals surface area (Å²) in [5.41, 5.74) is -0.449. The number of carbonyl (C=O) groups is 2. The number of halogens is 3. The summed E-state index contributed by atoms with van der Waals surface area (Å²) in [7, 11) is 0. The standard InChI is InChI=1S/C8H7F3N2O3S/c1-3(6(15)16)12-5(14)4-2-17-7(13-4)8(9,10)11/h2-3H,1H3,(H,12,14)(H,15,16)/t3-/m0/s1. The molecular formula is C8H7F3N2O3S. The van der Waals surface area contributed by atoms with Crippen molar-refractivity contribution in [2.24, 2.45) is 0 Å². The van der Waals surface area contributed by atoms with Crippen molar-refractivity contribution in [3.05, 3.63) is 16.1 Å². The predicted molar refractivity (Wildman–Crippen MR) is 51.7 cm³/mol. The predicted octanol–water partition coefficient (Wildman–Crippen LogP) is 1.36. The lowest BCUT2D eigenvalue weighted by molar-refractivity contribution is -0.139. The SMILES string of the molecule is C[C@H](NC(=O)c1csc(C(F)(F)F)n1)C(=O)O. The van der Waals surface area contributed by atoms with Crippen LogP contribution in [0.3, 0.4) is 0 Å². The van der Waals surface area contributed by atoms with Gasteiger partial charge in [0, 0.05) is 5.38 Å². The second kappa shape index (κ2) is 4.70. The van der Waals surface area contributed by atoms with Crippen LogP contribution in [0.15, 0.2) is 5.38 Å². The highest BCUT2D eigenvalue weighted by Crippen LogP contribution is 2.31. The molecule has 2 N–H and O–H groups in total. The van der Waals surface area contributed by atoms with E-state index in [1.807, 2.05) is 5.32 Å². The largest absolute Gasteiger partial charge is 0.480 e. The first-order chi connectivity index (χ1) is 7.71. The molecular weight excluding hydrogens is 261 g/mol. The second-order valence-corrected chi connectivity index (χ2v) is 3.93. The summed E-state index contributed by atoms with van der Waals surface area (Å²) in [6.07, 6.45) is -4.61. The molecule has 0 aliphatic carbocycles. The van der Waals surface area contributed by atoms with Gasteiger partial charge in [-0.05, 0) is 6.92 Å². The fourth-order valence-corrected chi connectivity index (χ4v) is 1.51. The third kappa shape index (κ3) is 3.41. The average molecular weight is 268 g/mol. The zero-order valence-corrected chi connectivity index (χ0v) is 9.22. The molecule has 0 saturated heterocycles. The molecule has 1 rings (SSSR count). The molecule has 0 saturated carbocycles. The lowest BCUT2D eigenvalue weighted by atomic mass is 10.3. The number of hydrogen-bond donors (Lipinski definition) is 2. The van der Waals surface area contributed by atoms with Crippen LogP contribution < -0.4 is 5.32 Å². The molecule has 0 aliphatic rings. The number of thiazole rings is 1. The Morgan fingerprint density at radius 3 is 2.53 bits per heavy atom. The number of amides is 1. The lowest BCUT2D eigenvalue weighted by Crippen LogP contribution is -2.38. The van der Waals surface area contributed by atoms with E-state index in [0.29, 0.717) is 0 Å². The third-order valence-corrected chi connectivity index (χ3v) is 2.58. The van der Waals surface area contributed by atoms with Gasteiger partial charge in [0.15, 0.2) is 5.01 Å². The number of aliphatic carboxylic acids is 1. The maximum Gasteiger partial charge on any atom is 0.443 e. The molecule has 1 heterocycles. The van der Waals surface area contributed by atoms with Gasteiger partial charge in [-0.25, -0.2) is 4.98 Å². The van der Waals surface area contributed by atoms with Gasteiger partial charge < -0.3 is 10.4 Å². The molecule has 1 aromatic heterocycles. The molecule has 1 aromatic rings. The molecule has 0 radical (unpaired) electrons. The number of aromatic nitrogens is 1. The van der Waals surface area contributed by atoms with Crippen molar-refractivity contribution in [1.29, 1.82) is 0 Å². The average Bonchev–Trinajstić information content (AvgIpc) is 2.65. The number of nitrogens with one attached hydrogen (secondary N) is 1. The summed E-state index contributed by atoms with van der Waals surface area (Å²) in [6.45, 7) is 1.19. The first-order valence-corrected chi connectivity index (χ1v) is 5.16. The first kappa shape index (κ1) is 13.4. The maximum absolute atomic E-state index is 12.2. The zero-order valence-electron chi connectivity index (χ0n) is 8.41. The Kier molecular flexibility index (Phi) is 3.71. The molecule has 94 valence electrons. The van der Waals surface area contributed by atoms with E-state index < -0.39 is 34.8 Å². The van der Waals surface area contributed by atoms with E-state index in [9.17, 15) is 22.8 Å². The van der Waals surface area contributed by atoms with E-state index in [0.717, 1.165) is 5.38 Å².